The summed E-state index contributed by atoms with van der Waals surface area (Å²) in [6.45, 7) is -0.0790. The van der Waals surface area contributed by atoms with Crippen LogP contribution < -0.4 is 9.47 Å². The summed E-state index contributed by atoms with van der Waals surface area (Å²) in [5.41, 5.74) is -0.422. The van der Waals surface area contributed by atoms with E-state index in [4.69, 9.17) is 9.47 Å². The quantitative estimate of drug-likeness (QED) is 0.765. The normalized spacial score (nSPS) is 15.8. The zero-order valence-electron chi connectivity index (χ0n) is 12.7. The van der Waals surface area contributed by atoms with E-state index < -0.39 is 11.7 Å². The van der Waals surface area contributed by atoms with Gasteiger partial charge in [0.15, 0.2) is 5.78 Å². The first-order chi connectivity index (χ1) is 11.4. The molecule has 1 aliphatic rings. The van der Waals surface area contributed by atoms with Crippen LogP contribution in [0.2, 0.25) is 0 Å². The minimum atomic E-state index is -4.49. The number of Topliss-reactive ketones (excluding diaryl/α,β-unsaturated/α-hetero) is 1. The van der Waals surface area contributed by atoms with Crippen LogP contribution in [0.1, 0.15) is 21.5 Å². The fourth-order valence-corrected chi connectivity index (χ4v) is 2.51. The molecular formula is C18H13F3O3. The van der Waals surface area contributed by atoms with Crippen LogP contribution in [0, 0.1) is 0 Å². The van der Waals surface area contributed by atoms with Crippen molar-refractivity contribution in [1.29, 1.82) is 0 Å². The van der Waals surface area contributed by atoms with Crippen LogP contribution in [-0.2, 0) is 6.18 Å². The first kappa shape index (κ1) is 16.1. The molecule has 2 aromatic rings. The van der Waals surface area contributed by atoms with E-state index in [-0.39, 0.29) is 29.1 Å². The van der Waals surface area contributed by atoms with Crippen molar-refractivity contribution < 1.29 is 27.4 Å². The van der Waals surface area contributed by atoms with Gasteiger partial charge in [0.1, 0.15) is 18.1 Å². The maximum absolute atomic E-state index is 13.1. The number of halogens is 3. The second-order valence-electron chi connectivity index (χ2n) is 5.23. The molecule has 0 saturated heterocycles. The SMILES string of the molecule is COc1ccc2c(c1)C(=O)/C(=C\c1ccccc1C(F)(F)F)CO2. The van der Waals surface area contributed by atoms with Crippen molar-refractivity contribution in [3.63, 3.8) is 0 Å². The van der Waals surface area contributed by atoms with Gasteiger partial charge in [-0.05, 0) is 35.9 Å². The summed E-state index contributed by atoms with van der Waals surface area (Å²) >= 11 is 0. The van der Waals surface area contributed by atoms with Crippen LogP contribution >= 0.6 is 0 Å². The third-order valence-electron chi connectivity index (χ3n) is 3.70. The Hall–Kier alpha value is -2.76. The number of alkyl halides is 3. The van der Waals surface area contributed by atoms with Crippen molar-refractivity contribution in [2.24, 2.45) is 0 Å². The molecule has 0 unspecified atom stereocenters. The van der Waals surface area contributed by atoms with Gasteiger partial charge in [0.05, 0.1) is 18.2 Å². The van der Waals surface area contributed by atoms with E-state index in [9.17, 15) is 18.0 Å². The number of ketones is 1. The first-order valence-corrected chi connectivity index (χ1v) is 7.12. The number of carbonyl (C=O) groups excluding carboxylic acids is 1. The van der Waals surface area contributed by atoms with Gasteiger partial charge < -0.3 is 9.47 Å². The highest BCUT2D eigenvalue weighted by Crippen LogP contribution is 2.35. The van der Waals surface area contributed by atoms with Gasteiger partial charge in [0.25, 0.3) is 0 Å². The van der Waals surface area contributed by atoms with Gasteiger partial charge in [-0.3, -0.25) is 4.79 Å². The molecule has 124 valence electrons. The zero-order valence-corrected chi connectivity index (χ0v) is 12.7. The number of methoxy groups -OCH3 is 1. The Balaban J connectivity index is 2.03. The minimum Gasteiger partial charge on any atom is -0.497 e. The Kier molecular flexibility index (Phi) is 4.05. The monoisotopic (exact) mass is 334 g/mol. The molecule has 6 heteroatoms. The molecule has 0 spiro atoms. The first-order valence-electron chi connectivity index (χ1n) is 7.12. The molecular weight excluding hydrogens is 321 g/mol. The van der Waals surface area contributed by atoms with Crippen LogP contribution in [0.3, 0.4) is 0 Å². The molecule has 2 aromatic carbocycles. The molecule has 0 atom stereocenters. The van der Waals surface area contributed by atoms with Crippen molar-refractivity contribution in [3.8, 4) is 11.5 Å². The summed E-state index contributed by atoms with van der Waals surface area (Å²) in [7, 11) is 1.46. The Labute approximate surface area is 136 Å². The molecule has 1 aliphatic heterocycles. The molecule has 0 N–H and O–H groups in total. The lowest BCUT2D eigenvalue weighted by Crippen LogP contribution is -2.19. The molecule has 1 heterocycles. The fourth-order valence-electron chi connectivity index (χ4n) is 2.51. The maximum Gasteiger partial charge on any atom is 0.416 e. The van der Waals surface area contributed by atoms with Crippen molar-refractivity contribution in [2.45, 2.75) is 6.18 Å². The third-order valence-corrected chi connectivity index (χ3v) is 3.70. The standard InChI is InChI=1S/C18H13F3O3/c1-23-13-6-7-16-14(9-13)17(22)12(10-24-16)8-11-4-2-3-5-15(11)18(19,20)21/h2-9H,10H2,1H3/b12-8-. The minimum absolute atomic E-state index is 0.0664. The number of hydrogen-bond donors (Lipinski definition) is 0. The van der Waals surface area contributed by atoms with Gasteiger partial charge in [-0.1, -0.05) is 18.2 Å². The summed E-state index contributed by atoms with van der Waals surface area (Å²) in [5.74, 6) is 0.497. The van der Waals surface area contributed by atoms with Crippen LogP contribution in [0.15, 0.2) is 48.0 Å². The maximum atomic E-state index is 13.1. The van der Waals surface area contributed by atoms with Gasteiger partial charge in [-0.15, -0.1) is 0 Å². The summed E-state index contributed by atoms with van der Waals surface area (Å²) in [6, 6.07) is 9.88. The Bertz CT molecular complexity index is 822. The van der Waals surface area contributed by atoms with Crippen LogP contribution in [0.25, 0.3) is 6.08 Å². The van der Waals surface area contributed by atoms with Gasteiger partial charge >= 0.3 is 6.18 Å². The van der Waals surface area contributed by atoms with Crippen molar-refractivity contribution in [3.05, 3.63) is 64.7 Å². The van der Waals surface area contributed by atoms with Gasteiger partial charge in [0.2, 0.25) is 0 Å². The number of benzene rings is 2. The number of fused-ring (bicyclic) bond motifs is 1. The Morgan fingerprint density at radius 1 is 1.17 bits per heavy atom. The molecule has 0 fully saturated rings. The second-order valence-corrected chi connectivity index (χ2v) is 5.23. The highest BCUT2D eigenvalue weighted by atomic mass is 19.4. The summed E-state index contributed by atoms with van der Waals surface area (Å²) < 4.78 is 49.8. The van der Waals surface area contributed by atoms with Crippen molar-refractivity contribution in [2.75, 3.05) is 13.7 Å². The van der Waals surface area contributed by atoms with E-state index in [1.54, 1.807) is 12.1 Å². The van der Waals surface area contributed by atoms with Gasteiger partial charge in [0, 0.05) is 5.57 Å². The number of hydrogen-bond acceptors (Lipinski definition) is 3. The predicted octanol–water partition coefficient (Wildman–Crippen LogP) is 4.37. The lowest BCUT2D eigenvalue weighted by Gasteiger charge is -2.20. The Morgan fingerprint density at radius 2 is 1.92 bits per heavy atom. The molecule has 24 heavy (non-hydrogen) atoms. The molecule has 0 aliphatic carbocycles. The summed E-state index contributed by atoms with van der Waals surface area (Å²) in [5, 5.41) is 0. The summed E-state index contributed by atoms with van der Waals surface area (Å²) in [4.78, 5) is 12.6. The van der Waals surface area contributed by atoms with Crippen LogP contribution in [0.4, 0.5) is 13.2 Å². The van der Waals surface area contributed by atoms with E-state index in [1.165, 1.54) is 37.5 Å². The predicted molar refractivity (Wildman–Crippen MR) is 82.2 cm³/mol. The molecule has 0 bridgehead atoms. The molecule has 0 amide bonds. The number of carbonyl (C=O) groups is 1. The van der Waals surface area contributed by atoms with Crippen molar-refractivity contribution >= 4 is 11.9 Å². The average molecular weight is 334 g/mol. The van der Waals surface area contributed by atoms with Crippen molar-refractivity contribution in [1.82, 2.24) is 0 Å². The lowest BCUT2D eigenvalue weighted by molar-refractivity contribution is -0.137. The largest absolute Gasteiger partial charge is 0.497 e. The number of ether oxygens (including phenoxy) is 2. The molecule has 0 aromatic heterocycles. The van der Waals surface area contributed by atoms with E-state index in [1.807, 2.05) is 0 Å². The van der Waals surface area contributed by atoms with Gasteiger partial charge in [-0.2, -0.15) is 13.2 Å². The molecule has 0 radical (unpaired) electrons. The highest BCUT2D eigenvalue weighted by Gasteiger charge is 2.33. The van der Waals surface area contributed by atoms with E-state index >= 15 is 0 Å². The molecule has 3 rings (SSSR count). The van der Waals surface area contributed by atoms with E-state index in [0.717, 1.165) is 6.07 Å². The van der Waals surface area contributed by atoms with Gasteiger partial charge in [-0.25, -0.2) is 0 Å². The fraction of sp³-hybridized carbons (Fsp3) is 0.167. The highest BCUT2D eigenvalue weighted by molar-refractivity contribution is 6.14. The van der Waals surface area contributed by atoms with Crippen LogP contribution in [-0.4, -0.2) is 19.5 Å². The summed E-state index contributed by atoms with van der Waals surface area (Å²) in [6.07, 6.45) is -3.26. The topological polar surface area (TPSA) is 35.5 Å². The lowest BCUT2D eigenvalue weighted by atomic mass is 9.96. The number of rotatable bonds is 2. The van der Waals surface area contributed by atoms with E-state index in [2.05, 4.69) is 0 Å². The average Bonchev–Trinajstić information content (AvgIpc) is 2.57. The second kappa shape index (κ2) is 6.03. The molecule has 3 nitrogen and oxygen atoms in total. The van der Waals surface area contributed by atoms with E-state index in [0.29, 0.717) is 11.5 Å². The van der Waals surface area contributed by atoms with Crippen LogP contribution in [0.5, 0.6) is 11.5 Å². The smallest absolute Gasteiger partial charge is 0.416 e. The molecule has 0 saturated carbocycles. The Morgan fingerprint density at radius 3 is 2.62 bits per heavy atom. The third kappa shape index (κ3) is 2.99. The zero-order chi connectivity index (χ0) is 17.3.